The van der Waals surface area contributed by atoms with Crippen LogP contribution in [-0.2, 0) is 14.9 Å². The molecule has 0 aromatic heterocycles. The van der Waals surface area contributed by atoms with Crippen LogP contribution in [0.4, 0.5) is 11.4 Å². The van der Waals surface area contributed by atoms with Crippen molar-refractivity contribution in [3.05, 3.63) is 37.9 Å². The summed E-state index contributed by atoms with van der Waals surface area (Å²) in [5.74, 6) is -1.14. The first-order valence-corrected chi connectivity index (χ1v) is 6.06. The maximum atomic E-state index is 11.2. The van der Waals surface area contributed by atoms with E-state index in [-0.39, 0.29) is 0 Å². The van der Waals surface area contributed by atoms with E-state index in [1.165, 1.54) is 0 Å². The minimum absolute atomic E-state index is 0.460. The molecule has 0 atom stereocenters. The van der Waals surface area contributed by atoms with Gasteiger partial charge in [-0.05, 0) is 0 Å². The third-order valence-corrected chi connectivity index (χ3v) is 3.06. The van der Waals surface area contributed by atoms with Crippen LogP contribution in [0.15, 0.2) is 17.0 Å². The van der Waals surface area contributed by atoms with Gasteiger partial charge in [0.1, 0.15) is 0 Å². The number of nitrogens with zero attached hydrogens (tertiary/aromatic N) is 2. The van der Waals surface area contributed by atoms with E-state index in [1.807, 2.05) is 0 Å². The van der Waals surface area contributed by atoms with Gasteiger partial charge >= 0.3 is 16.1 Å². The van der Waals surface area contributed by atoms with Gasteiger partial charge in [-0.1, -0.05) is 0 Å². The summed E-state index contributed by atoms with van der Waals surface area (Å²) in [6, 6.07) is 0.921. The van der Waals surface area contributed by atoms with E-state index < -0.39 is 47.8 Å². The van der Waals surface area contributed by atoms with Crippen LogP contribution in [0.5, 0.6) is 0 Å². The largest absolute Gasteiger partial charge is 0.465 e. The minimum atomic E-state index is -5.24. The molecule has 0 heterocycles. The Bertz CT molecular complexity index is 674. The van der Waals surface area contributed by atoms with Crippen molar-refractivity contribution in [3.8, 4) is 0 Å². The van der Waals surface area contributed by atoms with Gasteiger partial charge in [-0.2, -0.15) is 8.42 Å². The summed E-state index contributed by atoms with van der Waals surface area (Å²) < 4.78 is 35.2. The van der Waals surface area contributed by atoms with Crippen molar-refractivity contribution in [2.75, 3.05) is 7.11 Å². The van der Waals surface area contributed by atoms with Crippen molar-refractivity contribution in [2.24, 2.45) is 0 Å². The van der Waals surface area contributed by atoms with Crippen molar-refractivity contribution >= 4 is 27.5 Å². The van der Waals surface area contributed by atoms with Crippen LogP contribution in [0.3, 0.4) is 0 Å². The van der Waals surface area contributed by atoms with E-state index in [1.54, 1.807) is 0 Å². The molecule has 0 aliphatic carbocycles. The molecule has 0 bridgehead atoms. The van der Waals surface area contributed by atoms with Gasteiger partial charge in [0.05, 0.1) is 22.5 Å². The van der Waals surface area contributed by atoms with Crippen LogP contribution >= 0.6 is 0 Å². The molecule has 1 aromatic rings. The first kappa shape index (κ1) is 15.5. The molecule has 0 aliphatic heterocycles. The lowest BCUT2D eigenvalue weighted by Gasteiger charge is -2.04. The summed E-state index contributed by atoms with van der Waals surface area (Å²) in [7, 11) is -4.31. The van der Waals surface area contributed by atoms with Gasteiger partial charge in [0, 0.05) is 12.1 Å². The van der Waals surface area contributed by atoms with E-state index >= 15 is 0 Å². The number of esters is 1. The molecule has 0 fully saturated rings. The highest BCUT2D eigenvalue weighted by Gasteiger charge is 2.36. The van der Waals surface area contributed by atoms with Crippen molar-refractivity contribution in [3.63, 3.8) is 0 Å². The lowest BCUT2D eigenvalue weighted by atomic mass is 10.1. The molecule has 1 rings (SSSR count). The number of hydrogen-bond acceptors (Lipinski definition) is 8. The Kier molecular flexibility index (Phi) is 4.00. The zero-order chi connectivity index (χ0) is 15.7. The number of hydrogen-bond donors (Lipinski definition) is 1. The molecule has 20 heavy (non-hydrogen) atoms. The van der Waals surface area contributed by atoms with Gasteiger partial charge in [-0.15, -0.1) is 0 Å². The molecule has 0 spiro atoms. The van der Waals surface area contributed by atoms with E-state index in [0.717, 1.165) is 7.11 Å². The van der Waals surface area contributed by atoms with Gasteiger partial charge in [0.2, 0.25) is 4.90 Å². The number of carbonyl (C=O) groups excluding carboxylic acids is 1. The van der Waals surface area contributed by atoms with Crippen molar-refractivity contribution in [1.29, 1.82) is 0 Å². The van der Waals surface area contributed by atoms with Crippen molar-refractivity contribution in [1.82, 2.24) is 0 Å². The summed E-state index contributed by atoms with van der Waals surface area (Å²) >= 11 is 0. The second kappa shape index (κ2) is 5.18. The first-order chi connectivity index (χ1) is 9.09. The van der Waals surface area contributed by atoms with E-state index in [2.05, 4.69) is 4.74 Å². The molecule has 1 N–H and O–H groups in total. The number of methoxy groups -OCH3 is 1. The van der Waals surface area contributed by atoms with Gasteiger partial charge in [0.25, 0.3) is 11.4 Å². The highest BCUT2D eigenvalue weighted by Crippen LogP contribution is 2.34. The van der Waals surface area contributed by atoms with Gasteiger partial charge in [-0.3, -0.25) is 24.8 Å². The summed E-state index contributed by atoms with van der Waals surface area (Å²) in [6.07, 6.45) is 0. The SMILES string of the molecule is COC(=O)c1cc([N+](=O)[O-])c(S(=O)(=O)O)c([N+](=O)[O-])c1. The first-order valence-electron chi connectivity index (χ1n) is 4.62. The Morgan fingerprint density at radius 2 is 1.60 bits per heavy atom. The van der Waals surface area contributed by atoms with E-state index in [0.29, 0.717) is 12.1 Å². The van der Waals surface area contributed by atoms with Crippen LogP contribution in [0.1, 0.15) is 10.4 Å². The zero-order valence-corrected chi connectivity index (χ0v) is 10.5. The summed E-state index contributed by atoms with van der Waals surface area (Å²) in [4.78, 5) is 28.7. The second-order valence-electron chi connectivity index (χ2n) is 3.32. The lowest BCUT2D eigenvalue weighted by molar-refractivity contribution is -0.400. The molecule has 0 saturated heterocycles. The second-order valence-corrected chi connectivity index (χ2v) is 4.68. The lowest BCUT2D eigenvalue weighted by Crippen LogP contribution is -2.10. The van der Waals surface area contributed by atoms with Crippen LogP contribution in [-0.4, -0.2) is 35.9 Å². The number of ether oxygens (including phenoxy) is 1. The average Bonchev–Trinajstić information content (AvgIpc) is 2.34. The fourth-order valence-electron chi connectivity index (χ4n) is 1.37. The smallest absolute Gasteiger partial charge is 0.338 e. The fraction of sp³-hybridized carbons (Fsp3) is 0.125. The van der Waals surface area contributed by atoms with Gasteiger partial charge in [0.15, 0.2) is 0 Å². The highest BCUT2D eigenvalue weighted by atomic mass is 32.2. The fourth-order valence-corrected chi connectivity index (χ4v) is 2.17. The maximum Gasteiger partial charge on any atom is 0.338 e. The summed E-state index contributed by atoms with van der Waals surface area (Å²) in [6.45, 7) is 0. The standard InChI is InChI=1S/C8H6N2O9S/c1-19-8(11)4-2-5(9(12)13)7(20(16,17)18)6(3-4)10(14)15/h2-3H,1H3,(H,16,17,18). The Morgan fingerprint density at radius 3 is 1.85 bits per heavy atom. The topological polar surface area (TPSA) is 167 Å². The zero-order valence-electron chi connectivity index (χ0n) is 9.67. The van der Waals surface area contributed by atoms with E-state index in [4.69, 9.17) is 4.55 Å². The summed E-state index contributed by atoms with van der Waals surface area (Å²) in [5, 5.41) is 21.5. The molecule has 0 unspecified atom stereocenters. The number of carbonyl (C=O) groups is 1. The number of nitro benzene ring substituents is 2. The molecular weight excluding hydrogens is 300 g/mol. The predicted molar refractivity (Wildman–Crippen MR) is 60.9 cm³/mol. The van der Waals surface area contributed by atoms with Crippen LogP contribution in [0.25, 0.3) is 0 Å². The molecule has 0 radical (unpaired) electrons. The monoisotopic (exact) mass is 306 g/mol. The minimum Gasteiger partial charge on any atom is -0.465 e. The van der Waals surface area contributed by atoms with Crippen LogP contribution < -0.4 is 0 Å². The van der Waals surface area contributed by atoms with Gasteiger partial charge in [-0.25, -0.2) is 4.79 Å². The molecule has 1 aromatic carbocycles. The Morgan fingerprint density at radius 1 is 1.20 bits per heavy atom. The van der Waals surface area contributed by atoms with Crippen LogP contribution in [0, 0.1) is 20.2 Å². The molecule has 0 amide bonds. The Labute approximate surface area is 110 Å². The number of nitro groups is 2. The van der Waals surface area contributed by atoms with Crippen molar-refractivity contribution < 1.29 is 32.3 Å². The van der Waals surface area contributed by atoms with Crippen LogP contribution in [0.2, 0.25) is 0 Å². The predicted octanol–water partition coefficient (Wildman–Crippen LogP) is 0.536. The third-order valence-electron chi connectivity index (χ3n) is 2.12. The average molecular weight is 306 g/mol. The van der Waals surface area contributed by atoms with E-state index in [9.17, 15) is 33.4 Å². The molecule has 0 saturated carbocycles. The van der Waals surface area contributed by atoms with Crippen molar-refractivity contribution in [2.45, 2.75) is 4.90 Å². The molecule has 11 nitrogen and oxygen atoms in total. The molecular formula is C8H6N2O9S. The Hall–Kier alpha value is -2.60. The Balaban J connectivity index is 3.87. The van der Waals surface area contributed by atoms with Gasteiger partial charge < -0.3 is 4.74 Å². The molecule has 108 valence electrons. The normalized spacial score (nSPS) is 10.9. The maximum absolute atomic E-state index is 11.2. The molecule has 12 heteroatoms. The third kappa shape index (κ3) is 2.86. The quantitative estimate of drug-likeness (QED) is 0.361. The highest BCUT2D eigenvalue weighted by molar-refractivity contribution is 7.86. The number of benzene rings is 1. The summed E-state index contributed by atoms with van der Waals surface area (Å²) in [5.41, 5.74) is -3.21. The molecule has 0 aliphatic rings. The number of rotatable bonds is 4.